The number of hydrogen-bond acceptors (Lipinski definition) is 5. The van der Waals surface area contributed by atoms with Gasteiger partial charge in [-0.15, -0.1) is 0 Å². The quantitative estimate of drug-likeness (QED) is 0.635. The van der Waals surface area contributed by atoms with Crippen LogP contribution >= 0.6 is 0 Å². The zero-order valence-electron chi connectivity index (χ0n) is 18.2. The van der Waals surface area contributed by atoms with Gasteiger partial charge in [0.05, 0.1) is 13.4 Å². The molecule has 5 rings (SSSR count). The molecule has 2 saturated heterocycles. The summed E-state index contributed by atoms with van der Waals surface area (Å²) in [5.41, 5.74) is 3.53. The lowest BCUT2D eigenvalue weighted by Crippen LogP contribution is -2.61. The molecule has 0 bridgehead atoms. The first-order valence-electron chi connectivity index (χ1n) is 10.8. The van der Waals surface area contributed by atoms with Crippen molar-refractivity contribution in [2.24, 2.45) is 0 Å². The van der Waals surface area contributed by atoms with Gasteiger partial charge in [-0.2, -0.15) is 4.31 Å². The lowest BCUT2D eigenvalue weighted by atomic mass is 9.91. The lowest BCUT2D eigenvalue weighted by Gasteiger charge is -2.46. The van der Waals surface area contributed by atoms with Crippen molar-refractivity contribution in [2.75, 3.05) is 39.5 Å². The van der Waals surface area contributed by atoms with Gasteiger partial charge in [0.2, 0.25) is 10.0 Å². The highest BCUT2D eigenvalue weighted by Gasteiger charge is 2.38. The fourth-order valence-corrected chi connectivity index (χ4v) is 5.77. The number of piperidine rings is 1. The minimum atomic E-state index is -3.08. The molecule has 0 atom stereocenters. The van der Waals surface area contributed by atoms with Gasteiger partial charge in [0.25, 0.3) is 0 Å². The van der Waals surface area contributed by atoms with E-state index < -0.39 is 10.0 Å². The largest absolute Gasteiger partial charge is 0.496 e. The molecule has 170 valence electrons. The van der Waals surface area contributed by atoms with Crippen molar-refractivity contribution in [3.63, 3.8) is 0 Å². The number of aromatic amines is 1. The van der Waals surface area contributed by atoms with Gasteiger partial charge >= 0.3 is 0 Å². The van der Waals surface area contributed by atoms with Crippen molar-refractivity contribution in [3.8, 4) is 16.9 Å². The van der Waals surface area contributed by atoms with E-state index in [0.717, 1.165) is 48.2 Å². The highest BCUT2D eigenvalue weighted by atomic mass is 32.2. The summed E-state index contributed by atoms with van der Waals surface area (Å²) < 4.78 is 44.2. The second-order valence-corrected chi connectivity index (χ2v) is 10.7. The Morgan fingerprint density at radius 1 is 1.12 bits per heavy atom. The van der Waals surface area contributed by atoms with E-state index in [4.69, 9.17) is 4.74 Å². The van der Waals surface area contributed by atoms with Crippen LogP contribution in [-0.2, 0) is 10.0 Å². The SMILES string of the molecule is COc1ccc(F)cc1-c1ccnc2[nH]c(C3CCN(C4CN(S(C)(=O)=O)C4)CC3)cc12. The van der Waals surface area contributed by atoms with E-state index in [9.17, 15) is 12.8 Å². The van der Waals surface area contributed by atoms with Gasteiger partial charge in [-0.1, -0.05) is 0 Å². The van der Waals surface area contributed by atoms with Gasteiger partial charge in [0, 0.05) is 47.9 Å². The summed E-state index contributed by atoms with van der Waals surface area (Å²) in [5.74, 6) is 0.701. The number of sulfonamides is 1. The molecule has 1 aromatic carbocycles. The molecular formula is C23H27FN4O3S. The fourth-order valence-electron chi connectivity index (χ4n) is 4.89. The van der Waals surface area contributed by atoms with Crippen molar-refractivity contribution in [3.05, 3.63) is 48.0 Å². The van der Waals surface area contributed by atoms with E-state index in [-0.39, 0.29) is 5.82 Å². The summed E-state index contributed by atoms with van der Waals surface area (Å²) in [5, 5.41) is 0.955. The average molecular weight is 459 g/mol. The zero-order chi connectivity index (χ0) is 22.5. The summed E-state index contributed by atoms with van der Waals surface area (Å²) in [6, 6.07) is 8.89. The summed E-state index contributed by atoms with van der Waals surface area (Å²) in [7, 11) is -1.49. The maximum Gasteiger partial charge on any atom is 0.211 e. The maximum absolute atomic E-state index is 14.0. The Morgan fingerprint density at radius 3 is 2.56 bits per heavy atom. The normalized spacial score (nSPS) is 19.3. The minimum Gasteiger partial charge on any atom is -0.496 e. The summed E-state index contributed by atoms with van der Waals surface area (Å²) in [4.78, 5) is 10.4. The van der Waals surface area contributed by atoms with Crippen molar-refractivity contribution < 1.29 is 17.5 Å². The smallest absolute Gasteiger partial charge is 0.211 e. The van der Waals surface area contributed by atoms with Crippen molar-refractivity contribution >= 4 is 21.1 Å². The number of likely N-dealkylation sites (tertiary alicyclic amines) is 1. The van der Waals surface area contributed by atoms with Crippen molar-refractivity contribution in [2.45, 2.75) is 24.8 Å². The lowest BCUT2D eigenvalue weighted by molar-refractivity contribution is 0.0665. The standard InChI is InChI=1S/C23H27FN4O3S/c1-31-22-4-3-16(24)11-19(22)18-5-8-25-23-20(18)12-21(26-23)15-6-9-27(10-7-15)17-13-28(14-17)32(2,29)30/h3-5,8,11-12,15,17H,6-7,9-10,13-14H2,1-2H3,(H,25,26). The van der Waals surface area contributed by atoms with E-state index >= 15 is 0 Å². The second kappa shape index (κ2) is 8.13. The molecule has 7 nitrogen and oxygen atoms in total. The summed E-state index contributed by atoms with van der Waals surface area (Å²) >= 11 is 0. The molecule has 1 N–H and O–H groups in total. The van der Waals surface area contributed by atoms with Gasteiger partial charge in [-0.3, -0.25) is 4.90 Å². The third kappa shape index (κ3) is 3.89. The zero-order valence-corrected chi connectivity index (χ0v) is 19.0. The van der Waals surface area contributed by atoms with Crippen LogP contribution in [-0.4, -0.2) is 73.2 Å². The first-order chi connectivity index (χ1) is 15.3. The predicted octanol–water partition coefficient (Wildman–Crippen LogP) is 3.20. The van der Waals surface area contributed by atoms with Crippen LogP contribution in [0.1, 0.15) is 24.5 Å². The number of halogens is 1. The fraction of sp³-hybridized carbons (Fsp3) is 0.435. The number of H-pyrrole nitrogens is 1. The monoisotopic (exact) mass is 458 g/mol. The molecule has 9 heteroatoms. The number of fused-ring (bicyclic) bond motifs is 1. The van der Waals surface area contributed by atoms with E-state index in [2.05, 4.69) is 20.9 Å². The molecule has 2 aromatic heterocycles. The first kappa shape index (κ1) is 21.4. The molecule has 0 spiro atoms. The molecule has 0 aliphatic carbocycles. The molecule has 0 radical (unpaired) electrons. The number of hydrogen-bond donors (Lipinski definition) is 1. The van der Waals surface area contributed by atoms with Crippen LogP contribution in [0.5, 0.6) is 5.75 Å². The van der Waals surface area contributed by atoms with E-state index in [1.54, 1.807) is 19.4 Å². The van der Waals surface area contributed by atoms with Crippen LogP contribution in [0.3, 0.4) is 0 Å². The van der Waals surface area contributed by atoms with E-state index in [0.29, 0.717) is 36.4 Å². The Hall–Kier alpha value is -2.49. The Bertz CT molecular complexity index is 1250. The average Bonchev–Trinajstić information content (AvgIpc) is 3.16. The van der Waals surface area contributed by atoms with Gasteiger partial charge in [-0.25, -0.2) is 17.8 Å². The number of methoxy groups -OCH3 is 1. The molecule has 4 heterocycles. The number of aromatic nitrogens is 2. The highest BCUT2D eigenvalue weighted by Crippen LogP contribution is 2.38. The van der Waals surface area contributed by atoms with Crippen LogP contribution in [0.15, 0.2) is 36.5 Å². The van der Waals surface area contributed by atoms with Crippen LogP contribution in [0.4, 0.5) is 4.39 Å². The molecule has 2 fully saturated rings. The number of pyridine rings is 1. The Balaban J connectivity index is 1.34. The van der Waals surface area contributed by atoms with Crippen LogP contribution < -0.4 is 4.74 Å². The number of benzene rings is 1. The van der Waals surface area contributed by atoms with Crippen molar-refractivity contribution in [1.29, 1.82) is 0 Å². The Labute approximate surface area is 187 Å². The van der Waals surface area contributed by atoms with Crippen LogP contribution in [0.25, 0.3) is 22.2 Å². The number of rotatable bonds is 5. The van der Waals surface area contributed by atoms with E-state index in [1.165, 1.54) is 22.7 Å². The highest BCUT2D eigenvalue weighted by molar-refractivity contribution is 7.88. The Kier molecular flexibility index (Phi) is 5.43. The summed E-state index contributed by atoms with van der Waals surface area (Å²) in [6.45, 7) is 3.08. The van der Waals surface area contributed by atoms with Crippen LogP contribution in [0.2, 0.25) is 0 Å². The molecule has 0 amide bonds. The number of nitrogens with zero attached hydrogens (tertiary/aromatic N) is 3. The van der Waals surface area contributed by atoms with Crippen LogP contribution in [0, 0.1) is 5.82 Å². The number of nitrogens with one attached hydrogen (secondary N) is 1. The van der Waals surface area contributed by atoms with Gasteiger partial charge in [0.1, 0.15) is 17.2 Å². The van der Waals surface area contributed by atoms with E-state index in [1.807, 2.05) is 6.07 Å². The van der Waals surface area contributed by atoms with Crippen molar-refractivity contribution in [1.82, 2.24) is 19.2 Å². The molecule has 0 unspecified atom stereocenters. The molecule has 2 aliphatic rings. The molecular weight excluding hydrogens is 431 g/mol. The van der Waals surface area contributed by atoms with Gasteiger partial charge in [0.15, 0.2) is 0 Å². The Morgan fingerprint density at radius 2 is 1.88 bits per heavy atom. The molecule has 32 heavy (non-hydrogen) atoms. The summed E-state index contributed by atoms with van der Waals surface area (Å²) in [6.07, 6.45) is 5.00. The first-order valence-corrected chi connectivity index (χ1v) is 12.7. The maximum atomic E-state index is 14.0. The molecule has 0 saturated carbocycles. The second-order valence-electron chi connectivity index (χ2n) is 8.73. The predicted molar refractivity (Wildman–Crippen MR) is 122 cm³/mol. The minimum absolute atomic E-state index is 0.306. The third-order valence-electron chi connectivity index (χ3n) is 6.79. The number of ether oxygens (including phenoxy) is 1. The molecule has 2 aliphatic heterocycles. The topological polar surface area (TPSA) is 78.5 Å². The van der Waals surface area contributed by atoms with Gasteiger partial charge < -0.3 is 9.72 Å². The molecule has 3 aromatic rings. The van der Waals surface area contributed by atoms with Gasteiger partial charge in [-0.05, 0) is 61.8 Å². The third-order valence-corrected chi connectivity index (χ3v) is 8.02.